The van der Waals surface area contributed by atoms with Crippen molar-refractivity contribution in [3.63, 3.8) is 0 Å². The third kappa shape index (κ3) is 1.94. The first-order valence-electron chi connectivity index (χ1n) is 6.15. The van der Waals surface area contributed by atoms with Crippen molar-refractivity contribution >= 4 is 10.9 Å². The maximum Gasteiger partial charge on any atom is 0.333 e. The Kier molecular flexibility index (Phi) is 2.96. The normalized spacial score (nSPS) is 10.8. The summed E-state index contributed by atoms with van der Waals surface area (Å²) < 4.78 is 1.43. The Labute approximate surface area is 113 Å². The molecular weight excluding hydrogens is 256 g/mol. The number of para-hydroxylation sites is 1. The summed E-state index contributed by atoms with van der Waals surface area (Å²) in [5.74, 6) is 0. The van der Waals surface area contributed by atoms with E-state index in [0.717, 1.165) is 0 Å². The van der Waals surface area contributed by atoms with E-state index < -0.39 is 11.2 Å². The molecule has 3 rings (SSSR count). The van der Waals surface area contributed by atoms with Crippen molar-refractivity contribution in [2.45, 2.75) is 6.61 Å². The van der Waals surface area contributed by atoms with Gasteiger partial charge in [-0.05, 0) is 29.8 Å². The highest BCUT2D eigenvalue weighted by Gasteiger charge is 2.09. The lowest BCUT2D eigenvalue weighted by Gasteiger charge is -2.10. The second kappa shape index (κ2) is 4.79. The van der Waals surface area contributed by atoms with Crippen LogP contribution in [0.1, 0.15) is 5.56 Å². The fourth-order valence-corrected chi connectivity index (χ4v) is 2.22. The minimum Gasteiger partial charge on any atom is -0.392 e. The summed E-state index contributed by atoms with van der Waals surface area (Å²) in [5, 5.41) is 9.63. The molecule has 0 spiro atoms. The predicted molar refractivity (Wildman–Crippen MR) is 76.1 cm³/mol. The van der Waals surface area contributed by atoms with E-state index in [0.29, 0.717) is 22.2 Å². The topological polar surface area (TPSA) is 75.1 Å². The van der Waals surface area contributed by atoms with Crippen LogP contribution in [-0.4, -0.2) is 14.7 Å². The van der Waals surface area contributed by atoms with Gasteiger partial charge in [-0.3, -0.25) is 14.3 Å². The van der Waals surface area contributed by atoms with E-state index in [1.54, 1.807) is 30.3 Å². The van der Waals surface area contributed by atoms with E-state index >= 15 is 0 Å². The number of nitrogens with one attached hydrogen (secondary N) is 1. The molecule has 2 aromatic carbocycles. The molecule has 0 aliphatic carbocycles. The molecule has 0 aliphatic rings. The first kappa shape index (κ1) is 12.4. The van der Waals surface area contributed by atoms with Crippen LogP contribution < -0.4 is 11.2 Å². The van der Waals surface area contributed by atoms with Gasteiger partial charge >= 0.3 is 5.69 Å². The summed E-state index contributed by atoms with van der Waals surface area (Å²) >= 11 is 0. The van der Waals surface area contributed by atoms with E-state index in [1.165, 1.54) is 4.57 Å². The summed E-state index contributed by atoms with van der Waals surface area (Å²) in [6.45, 7) is -0.147. The van der Waals surface area contributed by atoms with E-state index in [1.807, 2.05) is 18.2 Å². The van der Waals surface area contributed by atoms with Crippen molar-refractivity contribution in [3.05, 3.63) is 74.9 Å². The van der Waals surface area contributed by atoms with Crippen molar-refractivity contribution in [2.24, 2.45) is 0 Å². The number of aliphatic hydroxyl groups excluding tert-OH is 1. The fraction of sp³-hybridized carbons (Fsp3) is 0.0667. The number of hydrogen-bond donors (Lipinski definition) is 2. The van der Waals surface area contributed by atoms with Crippen LogP contribution in [0.3, 0.4) is 0 Å². The SMILES string of the molecule is O=c1[nH]c(=O)n(-c2ccccc2)c2cc(CO)ccc12. The molecular formula is C15H12N2O3. The molecule has 1 heterocycles. The Morgan fingerprint density at radius 2 is 1.80 bits per heavy atom. The molecule has 20 heavy (non-hydrogen) atoms. The second-order valence-corrected chi connectivity index (χ2v) is 4.44. The Hall–Kier alpha value is -2.66. The molecule has 0 saturated heterocycles. The average Bonchev–Trinajstić information content (AvgIpc) is 2.47. The maximum atomic E-state index is 12.1. The molecule has 0 amide bonds. The first-order chi connectivity index (χ1) is 9.70. The monoisotopic (exact) mass is 268 g/mol. The average molecular weight is 268 g/mol. The number of benzene rings is 2. The van der Waals surface area contributed by atoms with Crippen molar-refractivity contribution in [3.8, 4) is 5.69 Å². The molecule has 2 N–H and O–H groups in total. The number of aliphatic hydroxyl groups is 1. The first-order valence-corrected chi connectivity index (χ1v) is 6.15. The Balaban J connectivity index is 2.47. The van der Waals surface area contributed by atoms with Gasteiger partial charge in [0.05, 0.1) is 23.2 Å². The number of hydrogen-bond acceptors (Lipinski definition) is 3. The van der Waals surface area contributed by atoms with Gasteiger partial charge in [-0.25, -0.2) is 4.79 Å². The van der Waals surface area contributed by atoms with Crippen LogP contribution in [0, 0.1) is 0 Å². The lowest BCUT2D eigenvalue weighted by atomic mass is 10.1. The van der Waals surface area contributed by atoms with E-state index in [9.17, 15) is 14.7 Å². The highest BCUT2D eigenvalue weighted by molar-refractivity contribution is 5.80. The zero-order valence-corrected chi connectivity index (χ0v) is 10.5. The third-order valence-corrected chi connectivity index (χ3v) is 3.17. The smallest absolute Gasteiger partial charge is 0.333 e. The van der Waals surface area contributed by atoms with E-state index in [2.05, 4.69) is 4.98 Å². The summed E-state index contributed by atoms with van der Waals surface area (Å²) in [7, 11) is 0. The third-order valence-electron chi connectivity index (χ3n) is 3.17. The second-order valence-electron chi connectivity index (χ2n) is 4.44. The molecule has 5 heteroatoms. The van der Waals surface area contributed by atoms with Gasteiger partial charge in [0.1, 0.15) is 0 Å². The molecule has 3 aromatic rings. The minimum atomic E-state index is -0.496. The Morgan fingerprint density at radius 3 is 2.50 bits per heavy atom. The molecule has 1 aromatic heterocycles. The molecule has 5 nitrogen and oxygen atoms in total. The highest BCUT2D eigenvalue weighted by atomic mass is 16.3. The quantitative estimate of drug-likeness (QED) is 0.732. The van der Waals surface area contributed by atoms with Crippen LogP contribution in [-0.2, 0) is 6.61 Å². The number of rotatable bonds is 2. The molecule has 100 valence electrons. The van der Waals surface area contributed by atoms with Crippen molar-refractivity contribution in [1.82, 2.24) is 9.55 Å². The van der Waals surface area contributed by atoms with Gasteiger partial charge in [0, 0.05) is 0 Å². The Bertz CT molecular complexity index is 879. The minimum absolute atomic E-state index is 0.147. The van der Waals surface area contributed by atoms with Crippen LogP contribution >= 0.6 is 0 Å². The fourth-order valence-electron chi connectivity index (χ4n) is 2.22. The van der Waals surface area contributed by atoms with Crippen molar-refractivity contribution in [1.29, 1.82) is 0 Å². The van der Waals surface area contributed by atoms with Gasteiger partial charge in [-0.2, -0.15) is 0 Å². The van der Waals surface area contributed by atoms with E-state index in [4.69, 9.17) is 0 Å². The van der Waals surface area contributed by atoms with Gasteiger partial charge < -0.3 is 5.11 Å². The van der Waals surface area contributed by atoms with Crippen molar-refractivity contribution < 1.29 is 5.11 Å². The van der Waals surface area contributed by atoms with Gasteiger partial charge in [0.25, 0.3) is 5.56 Å². The van der Waals surface area contributed by atoms with Crippen LogP contribution in [0.15, 0.2) is 58.1 Å². The zero-order chi connectivity index (χ0) is 14.1. The standard InChI is InChI=1S/C15H12N2O3/c18-9-10-6-7-12-13(8-10)17(15(20)16-14(12)19)11-4-2-1-3-5-11/h1-8,18H,9H2,(H,16,19,20). The van der Waals surface area contributed by atoms with Crippen molar-refractivity contribution in [2.75, 3.05) is 0 Å². The van der Waals surface area contributed by atoms with Gasteiger partial charge in [0.15, 0.2) is 0 Å². The number of H-pyrrole nitrogens is 1. The molecule has 0 aliphatic heterocycles. The molecule has 0 radical (unpaired) electrons. The molecule has 0 saturated carbocycles. The number of nitrogens with zero attached hydrogens (tertiary/aromatic N) is 1. The van der Waals surface area contributed by atoms with Crippen LogP contribution in [0.25, 0.3) is 16.6 Å². The van der Waals surface area contributed by atoms with E-state index in [-0.39, 0.29) is 6.61 Å². The molecule has 0 bridgehead atoms. The summed E-state index contributed by atoms with van der Waals surface area (Å²) in [4.78, 5) is 26.3. The Morgan fingerprint density at radius 1 is 1.05 bits per heavy atom. The molecule has 0 unspecified atom stereocenters. The zero-order valence-electron chi connectivity index (χ0n) is 10.5. The predicted octanol–water partition coefficient (Wildman–Crippen LogP) is 1.17. The summed E-state index contributed by atoms with van der Waals surface area (Å²) in [5.41, 5.74) is 0.864. The highest BCUT2D eigenvalue weighted by Crippen LogP contribution is 2.15. The van der Waals surface area contributed by atoms with Crippen LogP contribution in [0.4, 0.5) is 0 Å². The maximum absolute atomic E-state index is 12.1. The molecule has 0 atom stereocenters. The van der Waals surface area contributed by atoms with Crippen LogP contribution in [0.5, 0.6) is 0 Å². The largest absolute Gasteiger partial charge is 0.392 e. The number of aromatic amines is 1. The van der Waals surface area contributed by atoms with Gasteiger partial charge in [-0.15, -0.1) is 0 Å². The number of aromatic nitrogens is 2. The lowest BCUT2D eigenvalue weighted by Crippen LogP contribution is -2.29. The number of fused-ring (bicyclic) bond motifs is 1. The van der Waals surface area contributed by atoms with Gasteiger partial charge in [0.2, 0.25) is 0 Å². The van der Waals surface area contributed by atoms with Crippen LogP contribution in [0.2, 0.25) is 0 Å². The van der Waals surface area contributed by atoms with Gasteiger partial charge in [-0.1, -0.05) is 24.3 Å². The summed E-state index contributed by atoms with van der Waals surface area (Å²) in [6.07, 6.45) is 0. The molecule has 0 fully saturated rings. The summed E-state index contributed by atoms with van der Waals surface area (Å²) in [6, 6.07) is 14.0. The lowest BCUT2D eigenvalue weighted by molar-refractivity contribution is 0.282.